The van der Waals surface area contributed by atoms with Crippen molar-refractivity contribution in [2.75, 3.05) is 6.61 Å². The van der Waals surface area contributed by atoms with E-state index in [1.165, 1.54) is 5.56 Å². The molecule has 0 amide bonds. The molecule has 0 saturated heterocycles. The molecule has 0 unspecified atom stereocenters. The number of phenols is 1. The Morgan fingerprint density at radius 1 is 1.21 bits per heavy atom. The molecule has 3 heterocycles. The minimum absolute atomic E-state index is 0.0280. The molecule has 0 aliphatic carbocycles. The minimum atomic E-state index is -0.322. The summed E-state index contributed by atoms with van der Waals surface area (Å²) in [5, 5.41) is 19.4. The van der Waals surface area contributed by atoms with Crippen LogP contribution >= 0.6 is 11.3 Å². The predicted octanol–water partition coefficient (Wildman–Crippen LogP) is 5.40. The summed E-state index contributed by atoms with van der Waals surface area (Å²) < 4.78 is 12.4. The van der Waals surface area contributed by atoms with E-state index in [1.807, 2.05) is 42.3 Å². The van der Waals surface area contributed by atoms with Crippen LogP contribution in [0.3, 0.4) is 0 Å². The number of nitrogens with zero attached hydrogens (tertiary/aromatic N) is 2. The van der Waals surface area contributed by atoms with E-state index >= 15 is 0 Å². The number of aryl methyl sites for hydroxylation is 1. The van der Waals surface area contributed by atoms with Crippen LogP contribution in [0, 0.1) is 6.92 Å². The minimum Gasteiger partial charge on any atom is -0.507 e. The van der Waals surface area contributed by atoms with Crippen molar-refractivity contribution in [1.82, 2.24) is 5.01 Å². The zero-order valence-electron chi connectivity index (χ0n) is 16.3. The standard InChI is InChI=1S/C23H22N2O3S/c1-3-27-20-10-6-8-16-18-13-17(15-7-4-5-9-19(15)26)24-25(18)23(28-21(16)20)22-14(2)11-12-29-22/h4-12,18,23,26H,3,13H2,1-2H3/t18-,23+/m0/s1. The van der Waals surface area contributed by atoms with E-state index in [0.29, 0.717) is 13.0 Å². The number of rotatable bonds is 4. The number of hydrogen-bond donors (Lipinski definition) is 1. The molecule has 2 aliphatic heterocycles. The third kappa shape index (κ3) is 2.95. The SMILES string of the molecule is CCOc1cccc2c1O[C@H](c1sccc1C)N1N=C(c3ccccc3O)C[C@@H]21. The van der Waals surface area contributed by atoms with E-state index in [1.54, 1.807) is 17.4 Å². The Morgan fingerprint density at radius 3 is 2.83 bits per heavy atom. The van der Waals surface area contributed by atoms with Crippen LogP contribution in [0.2, 0.25) is 0 Å². The van der Waals surface area contributed by atoms with Crippen LogP contribution in [0.15, 0.2) is 59.0 Å². The molecule has 0 saturated carbocycles. The van der Waals surface area contributed by atoms with Crippen molar-refractivity contribution in [3.63, 3.8) is 0 Å². The smallest absolute Gasteiger partial charge is 0.223 e. The van der Waals surface area contributed by atoms with Crippen LogP contribution in [0.1, 0.15) is 47.2 Å². The van der Waals surface area contributed by atoms with Gasteiger partial charge >= 0.3 is 0 Å². The number of phenolic OH excluding ortho intramolecular Hbond substituents is 1. The average molecular weight is 407 g/mol. The number of ether oxygens (including phenoxy) is 2. The van der Waals surface area contributed by atoms with Gasteiger partial charge in [0.25, 0.3) is 0 Å². The molecule has 3 aromatic rings. The second kappa shape index (κ2) is 7.12. The Hall–Kier alpha value is -2.99. The molecular weight excluding hydrogens is 384 g/mol. The fourth-order valence-electron chi connectivity index (χ4n) is 4.04. The summed E-state index contributed by atoms with van der Waals surface area (Å²) >= 11 is 1.67. The molecule has 1 aromatic heterocycles. The van der Waals surface area contributed by atoms with Gasteiger partial charge in [-0.05, 0) is 49.1 Å². The first-order valence-electron chi connectivity index (χ1n) is 9.78. The van der Waals surface area contributed by atoms with Crippen molar-refractivity contribution < 1.29 is 14.6 Å². The van der Waals surface area contributed by atoms with Gasteiger partial charge in [0.2, 0.25) is 6.23 Å². The number of aromatic hydroxyl groups is 1. The highest BCUT2D eigenvalue weighted by Gasteiger charge is 2.43. The first-order chi connectivity index (χ1) is 14.2. The first kappa shape index (κ1) is 18.1. The van der Waals surface area contributed by atoms with Crippen LogP contribution < -0.4 is 9.47 Å². The highest BCUT2D eigenvalue weighted by molar-refractivity contribution is 7.10. The van der Waals surface area contributed by atoms with E-state index in [9.17, 15) is 5.11 Å². The number of hydrazone groups is 1. The number of para-hydroxylation sites is 2. The Labute approximate surface area is 173 Å². The van der Waals surface area contributed by atoms with Gasteiger partial charge in [-0.2, -0.15) is 5.10 Å². The zero-order chi connectivity index (χ0) is 20.0. The molecule has 2 atom stereocenters. The second-order valence-electron chi connectivity index (χ2n) is 7.21. The zero-order valence-corrected chi connectivity index (χ0v) is 17.1. The van der Waals surface area contributed by atoms with E-state index in [-0.39, 0.29) is 18.0 Å². The van der Waals surface area contributed by atoms with Gasteiger partial charge in [-0.25, -0.2) is 5.01 Å². The van der Waals surface area contributed by atoms with Gasteiger partial charge in [0, 0.05) is 17.5 Å². The number of hydrogen-bond acceptors (Lipinski definition) is 6. The first-order valence-corrected chi connectivity index (χ1v) is 10.7. The number of benzene rings is 2. The molecule has 0 radical (unpaired) electrons. The summed E-state index contributed by atoms with van der Waals surface area (Å²) in [4.78, 5) is 1.13. The Balaban J connectivity index is 1.64. The van der Waals surface area contributed by atoms with E-state index in [2.05, 4.69) is 24.4 Å². The van der Waals surface area contributed by atoms with E-state index < -0.39 is 0 Å². The predicted molar refractivity (Wildman–Crippen MR) is 114 cm³/mol. The molecule has 6 heteroatoms. The topological polar surface area (TPSA) is 54.3 Å². The van der Waals surface area contributed by atoms with Gasteiger partial charge < -0.3 is 14.6 Å². The lowest BCUT2D eigenvalue weighted by Crippen LogP contribution is -2.33. The Kier molecular flexibility index (Phi) is 4.43. The fourth-order valence-corrected chi connectivity index (χ4v) is 4.99. The van der Waals surface area contributed by atoms with E-state index in [0.717, 1.165) is 33.2 Å². The molecular formula is C23H22N2O3S. The average Bonchev–Trinajstić information content (AvgIpc) is 3.35. The van der Waals surface area contributed by atoms with Crippen molar-refractivity contribution in [2.24, 2.45) is 5.10 Å². The summed E-state index contributed by atoms with van der Waals surface area (Å²) in [6, 6.07) is 15.5. The van der Waals surface area contributed by atoms with Crippen LogP contribution in [-0.2, 0) is 0 Å². The quantitative estimate of drug-likeness (QED) is 0.630. The Bertz CT molecular complexity index is 1090. The fraction of sp³-hybridized carbons (Fsp3) is 0.261. The monoisotopic (exact) mass is 406 g/mol. The van der Waals surface area contributed by atoms with Crippen LogP contribution in [-0.4, -0.2) is 22.4 Å². The summed E-state index contributed by atoms with van der Waals surface area (Å²) in [5.74, 6) is 1.81. The summed E-state index contributed by atoms with van der Waals surface area (Å²) in [6.07, 6.45) is 0.377. The number of fused-ring (bicyclic) bond motifs is 3. The van der Waals surface area contributed by atoms with Crippen molar-refractivity contribution in [3.8, 4) is 17.2 Å². The van der Waals surface area contributed by atoms with Crippen molar-refractivity contribution in [3.05, 3.63) is 75.5 Å². The third-order valence-corrected chi connectivity index (χ3v) is 6.47. The highest BCUT2D eigenvalue weighted by Crippen LogP contribution is 2.52. The lowest BCUT2D eigenvalue weighted by molar-refractivity contribution is -0.0191. The molecule has 2 aliphatic rings. The third-order valence-electron chi connectivity index (χ3n) is 5.42. The Morgan fingerprint density at radius 2 is 2.07 bits per heavy atom. The van der Waals surface area contributed by atoms with E-state index in [4.69, 9.17) is 14.6 Å². The van der Waals surface area contributed by atoms with Gasteiger partial charge in [-0.1, -0.05) is 24.3 Å². The molecule has 0 bridgehead atoms. The maximum absolute atomic E-state index is 10.4. The lowest BCUT2D eigenvalue weighted by atomic mass is 9.95. The lowest BCUT2D eigenvalue weighted by Gasteiger charge is -2.38. The maximum Gasteiger partial charge on any atom is 0.223 e. The molecule has 5 rings (SSSR count). The molecule has 0 fully saturated rings. The maximum atomic E-state index is 10.4. The summed E-state index contributed by atoms with van der Waals surface area (Å²) in [7, 11) is 0. The van der Waals surface area contributed by atoms with Crippen molar-refractivity contribution >= 4 is 17.0 Å². The van der Waals surface area contributed by atoms with Crippen molar-refractivity contribution in [2.45, 2.75) is 32.5 Å². The highest BCUT2D eigenvalue weighted by atomic mass is 32.1. The van der Waals surface area contributed by atoms with Gasteiger partial charge in [-0.15, -0.1) is 11.3 Å². The summed E-state index contributed by atoms with van der Waals surface area (Å²) in [6.45, 7) is 4.65. The van der Waals surface area contributed by atoms with Gasteiger partial charge in [-0.3, -0.25) is 0 Å². The summed E-state index contributed by atoms with van der Waals surface area (Å²) in [5.41, 5.74) is 3.88. The van der Waals surface area contributed by atoms with Crippen LogP contribution in [0.4, 0.5) is 0 Å². The molecule has 0 spiro atoms. The van der Waals surface area contributed by atoms with Crippen molar-refractivity contribution in [1.29, 1.82) is 0 Å². The van der Waals surface area contributed by atoms with Crippen LogP contribution in [0.25, 0.3) is 0 Å². The molecule has 2 aromatic carbocycles. The van der Waals surface area contributed by atoms with Gasteiger partial charge in [0.15, 0.2) is 11.5 Å². The van der Waals surface area contributed by atoms with Crippen LogP contribution in [0.5, 0.6) is 17.2 Å². The normalized spacial score (nSPS) is 19.9. The molecule has 148 valence electrons. The number of thiophene rings is 1. The molecule has 5 nitrogen and oxygen atoms in total. The second-order valence-corrected chi connectivity index (χ2v) is 8.16. The largest absolute Gasteiger partial charge is 0.507 e. The van der Waals surface area contributed by atoms with Gasteiger partial charge in [0.1, 0.15) is 5.75 Å². The molecule has 1 N–H and O–H groups in total. The van der Waals surface area contributed by atoms with Gasteiger partial charge in [0.05, 0.1) is 23.2 Å². The molecule has 29 heavy (non-hydrogen) atoms.